The molecule has 0 aliphatic carbocycles. The summed E-state index contributed by atoms with van der Waals surface area (Å²) in [4.78, 5) is 8.46. The van der Waals surface area contributed by atoms with E-state index in [0.717, 1.165) is 11.3 Å². The van der Waals surface area contributed by atoms with Crippen LogP contribution in [0.5, 0.6) is 5.75 Å². The van der Waals surface area contributed by atoms with Crippen LogP contribution in [0.1, 0.15) is 13.8 Å². The van der Waals surface area contributed by atoms with Crippen molar-refractivity contribution in [3.63, 3.8) is 0 Å². The fourth-order valence-corrected chi connectivity index (χ4v) is 2.13. The molecule has 2 aromatic rings. The minimum absolute atomic E-state index is 0.111. The van der Waals surface area contributed by atoms with Crippen molar-refractivity contribution in [2.75, 3.05) is 0 Å². The Labute approximate surface area is 135 Å². The summed E-state index contributed by atoms with van der Waals surface area (Å²) in [7, 11) is 0. The van der Waals surface area contributed by atoms with Crippen molar-refractivity contribution < 1.29 is 4.74 Å². The quantitative estimate of drug-likeness (QED) is 0.538. The molecule has 2 rings (SSSR count). The number of halogens is 3. The van der Waals surface area contributed by atoms with Gasteiger partial charge in [-0.15, -0.1) is 0 Å². The van der Waals surface area contributed by atoms with Crippen LogP contribution in [-0.2, 0) is 0 Å². The molecule has 0 aliphatic heterocycles. The molecule has 1 aromatic heterocycles. The summed E-state index contributed by atoms with van der Waals surface area (Å²) in [6.07, 6.45) is 0.111. The van der Waals surface area contributed by atoms with Gasteiger partial charge in [-0.3, -0.25) is 0 Å². The van der Waals surface area contributed by atoms with E-state index in [1.54, 1.807) is 0 Å². The van der Waals surface area contributed by atoms with Crippen molar-refractivity contribution in [3.8, 4) is 17.1 Å². The molecule has 100 valence electrons. The number of rotatable bonds is 3. The van der Waals surface area contributed by atoms with Gasteiger partial charge in [0.2, 0.25) is 0 Å². The van der Waals surface area contributed by atoms with Crippen LogP contribution in [0.2, 0.25) is 10.3 Å². The average molecular weight is 409 g/mol. The molecule has 0 aliphatic rings. The van der Waals surface area contributed by atoms with Gasteiger partial charge in [-0.2, -0.15) is 0 Å². The van der Waals surface area contributed by atoms with Crippen molar-refractivity contribution in [1.82, 2.24) is 9.97 Å². The lowest BCUT2D eigenvalue weighted by Gasteiger charge is -2.10. The molecule has 3 nitrogen and oxygen atoms in total. The molecule has 1 heterocycles. The van der Waals surface area contributed by atoms with Crippen LogP contribution in [0.3, 0.4) is 0 Å². The Morgan fingerprint density at radius 3 is 2.37 bits per heavy atom. The molecule has 6 heteroatoms. The van der Waals surface area contributed by atoms with E-state index in [2.05, 4.69) is 9.97 Å². The highest BCUT2D eigenvalue weighted by Crippen LogP contribution is 2.28. The molecule has 0 radical (unpaired) electrons. The number of ether oxygens (including phenoxy) is 1. The molecule has 0 unspecified atom stereocenters. The number of hydrogen-bond donors (Lipinski definition) is 0. The van der Waals surface area contributed by atoms with Gasteiger partial charge in [0.1, 0.15) is 16.1 Å². The Balaban J connectivity index is 2.41. The van der Waals surface area contributed by atoms with E-state index in [4.69, 9.17) is 27.9 Å². The Morgan fingerprint density at radius 2 is 1.79 bits per heavy atom. The number of hydrogen-bond acceptors (Lipinski definition) is 3. The Bertz CT molecular complexity index is 582. The van der Waals surface area contributed by atoms with Gasteiger partial charge in [-0.25, -0.2) is 9.97 Å². The summed E-state index contributed by atoms with van der Waals surface area (Å²) in [5, 5.41) is 0.705. The zero-order valence-corrected chi connectivity index (χ0v) is 14.0. The average Bonchev–Trinajstić information content (AvgIpc) is 2.35. The highest BCUT2D eigenvalue weighted by Gasteiger charge is 2.11. The van der Waals surface area contributed by atoms with Crippen molar-refractivity contribution >= 4 is 45.8 Å². The van der Waals surface area contributed by atoms with Gasteiger partial charge in [0.15, 0.2) is 5.82 Å². The molecular formula is C13H11Cl2IN2O. The molecule has 1 aromatic carbocycles. The predicted molar refractivity (Wildman–Crippen MR) is 86.0 cm³/mol. The van der Waals surface area contributed by atoms with Gasteiger partial charge in [-0.05, 0) is 48.6 Å². The molecule has 0 amide bonds. The van der Waals surface area contributed by atoms with Crippen molar-refractivity contribution in [3.05, 3.63) is 38.1 Å². The van der Waals surface area contributed by atoms with Crippen LogP contribution in [0.25, 0.3) is 11.4 Å². The second kappa shape index (κ2) is 6.24. The third-order valence-electron chi connectivity index (χ3n) is 2.23. The Morgan fingerprint density at radius 1 is 1.16 bits per heavy atom. The zero-order valence-electron chi connectivity index (χ0n) is 10.3. The second-order valence-electron chi connectivity index (χ2n) is 4.14. The minimum Gasteiger partial charge on any atom is -0.491 e. The first-order valence-electron chi connectivity index (χ1n) is 5.63. The molecule has 0 atom stereocenters. The summed E-state index contributed by atoms with van der Waals surface area (Å²) in [5.74, 6) is 1.26. The number of benzene rings is 1. The van der Waals surface area contributed by atoms with E-state index in [-0.39, 0.29) is 6.10 Å². The van der Waals surface area contributed by atoms with E-state index >= 15 is 0 Å². The van der Waals surface area contributed by atoms with Crippen molar-refractivity contribution in [1.29, 1.82) is 0 Å². The smallest absolute Gasteiger partial charge is 0.162 e. The van der Waals surface area contributed by atoms with Crippen LogP contribution >= 0.6 is 45.8 Å². The van der Waals surface area contributed by atoms with E-state index in [1.807, 2.05) is 60.7 Å². The summed E-state index contributed by atoms with van der Waals surface area (Å²) >= 11 is 14.1. The standard InChI is InChI=1S/C13H11Cl2IN2O/c1-7(2)19-9-5-3-4-8(6-9)13-17-11(14)10(16)12(15)18-13/h3-7H,1-2H3. The highest BCUT2D eigenvalue weighted by molar-refractivity contribution is 14.1. The second-order valence-corrected chi connectivity index (χ2v) is 5.93. The summed E-state index contributed by atoms with van der Waals surface area (Å²) in [6, 6.07) is 7.53. The third-order valence-corrected chi connectivity index (χ3v) is 4.44. The maximum absolute atomic E-state index is 6.02. The third kappa shape index (κ3) is 3.70. The molecule has 19 heavy (non-hydrogen) atoms. The SMILES string of the molecule is CC(C)Oc1cccc(-c2nc(Cl)c(I)c(Cl)n2)c1. The lowest BCUT2D eigenvalue weighted by atomic mass is 10.2. The largest absolute Gasteiger partial charge is 0.491 e. The van der Waals surface area contributed by atoms with Crippen LogP contribution in [0, 0.1) is 3.57 Å². The maximum Gasteiger partial charge on any atom is 0.162 e. The monoisotopic (exact) mass is 408 g/mol. The van der Waals surface area contributed by atoms with Gasteiger partial charge in [0.05, 0.1) is 9.67 Å². The summed E-state index contributed by atoms with van der Waals surface area (Å²) in [5.41, 5.74) is 0.818. The minimum atomic E-state index is 0.111. The van der Waals surface area contributed by atoms with Gasteiger partial charge in [-0.1, -0.05) is 35.3 Å². The van der Waals surface area contributed by atoms with E-state index < -0.39 is 0 Å². The van der Waals surface area contributed by atoms with Gasteiger partial charge >= 0.3 is 0 Å². The summed E-state index contributed by atoms with van der Waals surface area (Å²) in [6.45, 7) is 3.95. The fraction of sp³-hybridized carbons (Fsp3) is 0.231. The molecule has 0 fully saturated rings. The predicted octanol–water partition coefficient (Wildman–Crippen LogP) is 4.84. The number of aromatic nitrogens is 2. The topological polar surface area (TPSA) is 35.0 Å². The zero-order chi connectivity index (χ0) is 14.0. The maximum atomic E-state index is 6.02. The lowest BCUT2D eigenvalue weighted by molar-refractivity contribution is 0.242. The lowest BCUT2D eigenvalue weighted by Crippen LogP contribution is -2.05. The Hall–Kier alpha value is -0.590. The number of nitrogens with zero attached hydrogens (tertiary/aromatic N) is 2. The first-order valence-corrected chi connectivity index (χ1v) is 7.46. The van der Waals surface area contributed by atoms with Crippen LogP contribution in [0.15, 0.2) is 24.3 Å². The van der Waals surface area contributed by atoms with E-state index in [9.17, 15) is 0 Å². The highest BCUT2D eigenvalue weighted by atomic mass is 127. The fourth-order valence-electron chi connectivity index (χ4n) is 1.50. The molecule has 0 N–H and O–H groups in total. The molecular weight excluding hydrogens is 398 g/mol. The normalized spacial score (nSPS) is 10.8. The van der Waals surface area contributed by atoms with Gasteiger partial charge in [0, 0.05) is 5.56 Å². The van der Waals surface area contributed by atoms with Crippen LogP contribution in [0.4, 0.5) is 0 Å². The van der Waals surface area contributed by atoms with Gasteiger partial charge in [0.25, 0.3) is 0 Å². The molecule has 0 bridgehead atoms. The van der Waals surface area contributed by atoms with Crippen LogP contribution in [-0.4, -0.2) is 16.1 Å². The molecule has 0 saturated carbocycles. The van der Waals surface area contributed by atoms with Gasteiger partial charge < -0.3 is 4.74 Å². The van der Waals surface area contributed by atoms with Crippen molar-refractivity contribution in [2.45, 2.75) is 20.0 Å². The molecule has 0 saturated heterocycles. The first kappa shape index (κ1) is 14.8. The Kier molecular flexibility index (Phi) is 4.86. The van der Waals surface area contributed by atoms with Crippen LogP contribution < -0.4 is 4.74 Å². The van der Waals surface area contributed by atoms with E-state index in [1.165, 1.54) is 0 Å². The summed E-state index contributed by atoms with van der Waals surface area (Å²) < 4.78 is 6.29. The first-order chi connectivity index (χ1) is 8.97. The van der Waals surface area contributed by atoms with E-state index in [0.29, 0.717) is 19.7 Å². The molecule has 0 spiro atoms. The van der Waals surface area contributed by atoms with Crippen molar-refractivity contribution in [2.24, 2.45) is 0 Å².